The van der Waals surface area contributed by atoms with Crippen LogP contribution in [0.1, 0.15) is 35.8 Å². The second kappa shape index (κ2) is 7.12. The lowest BCUT2D eigenvalue weighted by Gasteiger charge is -2.49. The number of oxazole rings is 1. The van der Waals surface area contributed by atoms with Crippen molar-refractivity contribution in [3.05, 3.63) is 41.8 Å². The number of amides is 1. The predicted octanol–water partition coefficient (Wildman–Crippen LogP) is 3.70. The molecule has 1 amide bonds. The Hall–Kier alpha value is -2.55. The van der Waals surface area contributed by atoms with Gasteiger partial charge in [-0.2, -0.15) is 18.2 Å². The van der Waals surface area contributed by atoms with Gasteiger partial charge in [0.25, 0.3) is 5.91 Å². The van der Waals surface area contributed by atoms with Gasteiger partial charge in [-0.25, -0.2) is 0 Å². The molecule has 28 heavy (non-hydrogen) atoms. The van der Waals surface area contributed by atoms with Crippen molar-refractivity contribution in [2.24, 2.45) is 5.92 Å². The highest BCUT2D eigenvalue weighted by molar-refractivity contribution is 5.94. The van der Waals surface area contributed by atoms with Gasteiger partial charge in [-0.1, -0.05) is 0 Å². The number of carbonyl (C=O) groups is 1. The van der Waals surface area contributed by atoms with E-state index in [1.807, 2.05) is 0 Å². The Morgan fingerprint density at radius 1 is 1.25 bits per heavy atom. The molecule has 1 aromatic heterocycles. The minimum Gasteiger partial charge on any atom is -0.417 e. The number of hydrogen-bond donors (Lipinski definition) is 1. The third-order valence-corrected chi connectivity index (χ3v) is 5.57. The Bertz CT molecular complexity index is 840. The highest BCUT2D eigenvalue weighted by Crippen LogP contribution is 2.33. The van der Waals surface area contributed by atoms with Crippen LogP contribution in [0.15, 0.2) is 34.9 Å². The van der Waals surface area contributed by atoms with Crippen molar-refractivity contribution in [1.29, 1.82) is 0 Å². The van der Waals surface area contributed by atoms with Gasteiger partial charge in [0.1, 0.15) is 12.0 Å². The van der Waals surface area contributed by atoms with Crippen LogP contribution in [-0.2, 0) is 6.18 Å². The molecule has 1 N–H and O–H groups in total. The Kier molecular flexibility index (Phi) is 4.78. The molecule has 6 nitrogen and oxygen atoms in total. The van der Waals surface area contributed by atoms with Crippen molar-refractivity contribution in [1.82, 2.24) is 15.2 Å². The molecule has 2 unspecified atom stereocenters. The number of carbonyl (C=O) groups excluding carboxylic acids is 1. The smallest absolute Gasteiger partial charge is 0.417 e. The Labute approximate surface area is 159 Å². The summed E-state index contributed by atoms with van der Waals surface area (Å²) in [6, 6.07) is 6.54. The number of halogens is 3. The molecule has 2 bridgehead atoms. The largest absolute Gasteiger partial charge is 0.436 e. The van der Waals surface area contributed by atoms with Crippen molar-refractivity contribution in [3.8, 4) is 11.8 Å². The monoisotopic (exact) mass is 395 g/mol. The number of hydrogen-bond acceptors (Lipinski definition) is 5. The quantitative estimate of drug-likeness (QED) is 0.855. The summed E-state index contributed by atoms with van der Waals surface area (Å²) in [5, 5.41) is 3.13. The van der Waals surface area contributed by atoms with Gasteiger partial charge >= 0.3 is 12.3 Å². The van der Waals surface area contributed by atoms with E-state index < -0.39 is 17.9 Å². The number of alkyl halides is 3. The first kappa shape index (κ1) is 18.8. The lowest BCUT2D eigenvalue weighted by molar-refractivity contribution is -0.141. The van der Waals surface area contributed by atoms with Crippen molar-refractivity contribution in [3.63, 3.8) is 0 Å². The molecule has 2 atom stereocenters. The normalized spacial score (nSPS) is 26.9. The molecule has 150 valence electrons. The number of nitrogens with one attached hydrogen (secondary N) is 1. The first-order valence-corrected chi connectivity index (χ1v) is 9.17. The van der Waals surface area contributed by atoms with Gasteiger partial charge in [-0.15, -0.1) is 0 Å². The van der Waals surface area contributed by atoms with Gasteiger partial charge in [0.2, 0.25) is 0 Å². The molecular formula is C19H20F3N3O3. The second-order valence-corrected chi connectivity index (χ2v) is 7.24. The number of ether oxygens (including phenoxy) is 1. The van der Waals surface area contributed by atoms with Gasteiger partial charge in [0, 0.05) is 17.6 Å². The molecule has 3 aliphatic rings. The third kappa shape index (κ3) is 3.71. The van der Waals surface area contributed by atoms with Crippen LogP contribution in [0.4, 0.5) is 13.2 Å². The third-order valence-electron chi connectivity index (χ3n) is 5.57. The summed E-state index contributed by atoms with van der Waals surface area (Å²) in [5.74, 6) is 0.551. The summed E-state index contributed by atoms with van der Waals surface area (Å²) in [6.07, 6.45) is -2.42. The van der Waals surface area contributed by atoms with Crippen molar-refractivity contribution < 1.29 is 27.1 Å². The zero-order valence-corrected chi connectivity index (χ0v) is 15.2. The van der Waals surface area contributed by atoms with Crippen LogP contribution in [0.25, 0.3) is 0 Å². The molecule has 2 aromatic rings. The Balaban J connectivity index is 1.39. The maximum atomic E-state index is 12.6. The maximum Gasteiger partial charge on any atom is 0.436 e. The summed E-state index contributed by atoms with van der Waals surface area (Å²) in [4.78, 5) is 18.2. The summed E-state index contributed by atoms with van der Waals surface area (Å²) in [5.41, 5.74) is -0.704. The van der Waals surface area contributed by atoms with E-state index in [0.29, 0.717) is 23.8 Å². The average molecular weight is 395 g/mol. The molecule has 0 saturated carbocycles. The Morgan fingerprint density at radius 2 is 1.93 bits per heavy atom. The summed E-state index contributed by atoms with van der Waals surface area (Å²) < 4.78 is 47.5. The second-order valence-electron chi connectivity index (χ2n) is 7.24. The summed E-state index contributed by atoms with van der Waals surface area (Å²) in [7, 11) is 0. The molecule has 3 saturated heterocycles. The molecule has 4 heterocycles. The minimum absolute atomic E-state index is 0.124. The van der Waals surface area contributed by atoms with E-state index >= 15 is 0 Å². The first-order valence-electron chi connectivity index (χ1n) is 9.17. The molecular weight excluding hydrogens is 375 g/mol. The maximum absolute atomic E-state index is 12.6. The fourth-order valence-corrected chi connectivity index (χ4v) is 3.99. The first-order chi connectivity index (χ1) is 13.3. The van der Waals surface area contributed by atoms with Crippen LogP contribution in [0.5, 0.6) is 11.8 Å². The van der Waals surface area contributed by atoms with Crippen molar-refractivity contribution in [2.75, 3.05) is 13.1 Å². The van der Waals surface area contributed by atoms with Crippen LogP contribution in [-0.4, -0.2) is 41.0 Å². The lowest BCUT2D eigenvalue weighted by Crippen LogP contribution is -2.62. The molecule has 3 fully saturated rings. The summed E-state index contributed by atoms with van der Waals surface area (Å²) in [6.45, 7) is 4.31. The highest BCUT2D eigenvalue weighted by Gasteiger charge is 2.40. The number of nitrogens with zero attached hydrogens (tertiary/aromatic N) is 2. The van der Waals surface area contributed by atoms with Gasteiger partial charge in [-0.3, -0.25) is 9.69 Å². The number of rotatable bonds is 4. The fourth-order valence-electron chi connectivity index (χ4n) is 3.99. The zero-order valence-electron chi connectivity index (χ0n) is 15.2. The Morgan fingerprint density at radius 3 is 2.50 bits per heavy atom. The standard InChI is InChI=1S/C19H20F3N3O3/c1-11-16(12-6-8-25(11)9-7-12)24-17(26)13-2-4-14(5-3-13)28-18-23-15(10-27-18)19(20,21)22/h2-5,10-12,16H,6-9H2,1H3,(H,24,26). The zero-order chi connectivity index (χ0) is 19.9. The van der Waals surface area contributed by atoms with E-state index in [4.69, 9.17) is 4.74 Å². The van der Waals surface area contributed by atoms with Gasteiger partial charge in [0.15, 0.2) is 5.69 Å². The van der Waals surface area contributed by atoms with E-state index in [1.54, 1.807) is 12.1 Å². The molecule has 0 spiro atoms. The van der Waals surface area contributed by atoms with Crippen LogP contribution in [0, 0.1) is 5.92 Å². The average Bonchev–Trinajstić information content (AvgIpc) is 3.14. The van der Waals surface area contributed by atoms with Crippen LogP contribution < -0.4 is 10.1 Å². The number of aromatic nitrogens is 1. The van der Waals surface area contributed by atoms with Crippen molar-refractivity contribution >= 4 is 5.91 Å². The minimum atomic E-state index is -4.60. The van der Waals surface area contributed by atoms with Gasteiger partial charge < -0.3 is 14.5 Å². The molecule has 5 rings (SSSR count). The van der Waals surface area contributed by atoms with Gasteiger partial charge in [-0.05, 0) is 63.0 Å². The number of piperidine rings is 3. The van der Waals surface area contributed by atoms with Crippen LogP contribution in [0.2, 0.25) is 0 Å². The van der Waals surface area contributed by atoms with E-state index in [-0.39, 0.29) is 17.7 Å². The molecule has 3 aliphatic heterocycles. The number of benzene rings is 1. The van der Waals surface area contributed by atoms with Gasteiger partial charge in [0.05, 0.1) is 0 Å². The van der Waals surface area contributed by atoms with E-state index in [9.17, 15) is 18.0 Å². The fraction of sp³-hybridized carbons (Fsp3) is 0.474. The molecule has 0 aliphatic carbocycles. The topological polar surface area (TPSA) is 67.6 Å². The summed E-state index contributed by atoms with van der Waals surface area (Å²) >= 11 is 0. The van der Waals surface area contributed by atoms with Crippen LogP contribution in [0.3, 0.4) is 0 Å². The number of fused-ring (bicyclic) bond motifs is 3. The van der Waals surface area contributed by atoms with E-state index in [0.717, 1.165) is 25.9 Å². The lowest BCUT2D eigenvalue weighted by atomic mass is 9.79. The molecule has 0 radical (unpaired) electrons. The SMILES string of the molecule is CC1C(NC(=O)c2ccc(Oc3nc(C(F)(F)F)co3)cc2)C2CCN1CC2. The van der Waals surface area contributed by atoms with Crippen molar-refractivity contribution in [2.45, 2.75) is 38.0 Å². The highest BCUT2D eigenvalue weighted by atomic mass is 19.4. The predicted molar refractivity (Wildman–Crippen MR) is 93.0 cm³/mol. The molecule has 9 heteroatoms. The van der Waals surface area contributed by atoms with E-state index in [1.165, 1.54) is 12.1 Å². The van der Waals surface area contributed by atoms with Crippen LogP contribution >= 0.6 is 0 Å². The molecule has 1 aromatic carbocycles. The van der Waals surface area contributed by atoms with E-state index in [2.05, 4.69) is 26.5 Å².